The van der Waals surface area contributed by atoms with Crippen molar-refractivity contribution in [1.29, 1.82) is 0 Å². The fourth-order valence-electron chi connectivity index (χ4n) is 2.27. The summed E-state index contributed by atoms with van der Waals surface area (Å²) in [5, 5.41) is 2.65. The van der Waals surface area contributed by atoms with Gasteiger partial charge in [-0.2, -0.15) is 0 Å². The smallest absolute Gasteiger partial charge is 0.340 e. The highest BCUT2D eigenvalue weighted by molar-refractivity contribution is 6.33. The molecule has 2 aromatic rings. The molecule has 142 valence electrons. The number of benzene rings is 2. The highest BCUT2D eigenvalue weighted by Crippen LogP contribution is 2.18. The summed E-state index contributed by atoms with van der Waals surface area (Å²) in [5.74, 6) is -1.66. The molecule has 1 amide bonds. The zero-order valence-corrected chi connectivity index (χ0v) is 15.7. The van der Waals surface area contributed by atoms with Crippen LogP contribution in [0.15, 0.2) is 42.5 Å². The Balaban J connectivity index is 1.92. The first kappa shape index (κ1) is 20.6. The Morgan fingerprint density at radius 2 is 1.78 bits per heavy atom. The molecule has 2 rings (SSSR count). The van der Waals surface area contributed by atoms with Gasteiger partial charge in [0.15, 0.2) is 12.4 Å². The second kappa shape index (κ2) is 9.28. The van der Waals surface area contributed by atoms with Gasteiger partial charge in [-0.25, -0.2) is 9.18 Å². The molecule has 0 unspecified atom stereocenters. The van der Waals surface area contributed by atoms with Gasteiger partial charge in [0.25, 0.3) is 0 Å². The van der Waals surface area contributed by atoms with Crippen molar-refractivity contribution in [3.05, 3.63) is 64.4 Å². The molecule has 0 saturated carbocycles. The molecular weight excluding hydrogens is 373 g/mol. The minimum atomic E-state index is -0.814. The monoisotopic (exact) mass is 391 g/mol. The van der Waals surface area contributed by atoms with Crippen LogP contribution >= 0.6 is 11.6 Å². The molecule has 7 heteroatoms. The van der Waals surface area contributed by atoms with Crippen LogP contribution in [-0.4, -0.2) is 24.3 Å². The molecule has 0 aliphatic carbocycles. The Labute approximate surface area is 161 Å². The van der Waals surface area contributed by atoms with Crippen molar-refractivity contribution in [3.63, 3.8) is 0 Å². The molecule has 2 aromatic carbocycles. The van der Waals surface area contributed by atoms with Crippen molar-refractivity contribution in [3.8, 4) is 0 Å². The van der Waals surface area contributed by atoms with Crippen LogP contribution in [-0.2, 0) is 9.53 Å². The van der Waals surface area contributed by atoms with Gasteiger partial charge in [-0.05, 0) is 48.4 Å². The Morgan fingerprint density at radius 3 is 2.37 bits per heavy atom. The number of esters is 1. The van der Waals surface area contributed by atoms with Gasteiger partial charge in [-0.15, -0.1) is 0 Å². The van der Waals surface area contributed by atoms with Gasteiger partial charge in [-0.3, -0.25) is 9.59 Å². The number of carbonyl (C=O) groups is 3. The Morgan fingerprint density at radius 1 is 1.11 bits per heavy atom. The quantitative estimate of drug-likeness (QED) is 0.557. The van der Waals surface area contributed by atoms with Crippen molar-refractivity contribution in [2.75, 3.05) is 11.9 Å². The summed E-state index contributed by atoms with van der Waals surface area (Å²) in [4.78, 5) is 35.8. The number of ether oxygens (including phenoxy) is 1. The summed E-state index contributed by atoms with van der Waals surface area (Å²) in [6.07, 6.45) is 0.405. The van der Waals surface area contributed by atoms with Crippen LogP contribution in [0.5, 0.6) is 0 Å². The van der Waals surface area contributed by atoms with Crippen molar-refractivity contribution >= 4 is 34.9 Å². The standard InChI is InChI=1S/C20H19ClFNO4/c1-12(2)9-19(25)23-15-6-3-13(4-7-15)18(24)11-27-20(26)16-8-5-14(22)10-17(16)21/h3-8,10,12H,9,11H2,1-2H3,(H,23,25). The fourth-order valence-corrected chi connectivity index (χ4v) is 2.51. The maximum absolute atomic E-state index is 13.0. The molecule has 0 aliphatic rings. The summed E-state index contributed by atoms with van der Waals surface area (Å²) < 4.78 is 17.9. The average molecular weight is 392 g/mol. The third kappa shape index (κ3) is 6.18. The molecule has 0 aliphatic heterocycles. The van der Waals surface area contributed by atoms with E-state index in [-0.39, 0.29) is 22.4 Å². The predicted molar refractivity (Wildman–Crippen MR) is 101 cm³/mol. The first-order chi connectivity index (χ1) is 12.8. The highest BCUT2D eigenvalue weighted by Gasteiger charge is 2.15. The second-order valence-electron chi connectivity index (χ2n) is 6.35. The number of Topliss-reactive ketones (excluding diaryl/α,β-unsaturated/α-hetero) is 1. The number of hydrogen-bond acceptors (Lipinski definition) is 4. The molecule has 0 aromatic heterocycles. The molecule has 0 fully saturated rings. The molecule has 1 N–H and O–H groups in total. The van der Waals surface area contributed by atoms with E-state index in [2.05, 4.69) is 5.32 Å². The van der Waals surface area contributed by atoms with Crippen LogP contribution in [0, 0.1) is 11.7 Å². The lowest BCUT2D eigenvalue weighted by Crippen LogP contribution is -2.15. The molecule has 0 radical (unpaired) electrons. The molecule has 0 bridgehead atoms. The van der Waals surface area contributed by atoms with Gasteiger partial charge in [0.2, 0.25) is 5.91 Å². The van der Waals surface area contributed by atoms with Crippen molar-refractivity contribution in [2.24, 2.45) is 5.92 Å². The number of rotatable bonds is 7. The van der Waals surface area contributed by atoms with Crippen molar-refractivity contribution in [1.82, 2.24) is 0 Å². The lowest BCUT2D eigenvalue weighted by atomic mass is 10.1. The van der Waals surface area contributed by atoms with Crippen LogP contribution in [0.25, 0.3) is 0 Å². The minimum Gasteiger partial charge on any atom is -0.454 e. The maximum Gasteiger partial charge on any atom is 0.340 e. The lowest BCUT2D eigenvalue weighted by Gasteiger charge is -2.08. The first-order valence-electron chi connectivity index (χ1n) is 8.31. The summed E-state index contributed by atoms with van der Waals surface area (Å²) in [5.41, 5.74) is 0.885. The summed E-state index contributed by atoms with van der Waals surface area (Å²) in [7, 11) is 0. The van der Waals surface area contributed by atoms with Crippen LogP contribution < -0.4 is 5.32 Å². The molecule has 0 spiro atoms. The van der Waals surface area contributed by atoms with Gasteiger partial charge in [0, 0.05) is 17.7 Å². The molecular formula is C20H19ClFNO4. The van der Waals surface area contributed by atoms with Crippen molar-refractivity contribution < 1.29 is 23.5 Å². The molecule has 0 saturated heterocycles. The molecule has 0 heterocycles. The van der Waals surface area contributed by atoms with E-state index in [9.17, 15) is 18.8 Å². The van der Waals surface area contributed by atoms with Gasteiger partial charge in [0.05, 0.1) is 10.6 Å². The Kier molecular flexibility index (Phi) is 7.07. The number of carbonyl (C=O) groups excluding carboxylic acids is 3. The van der Waals surface area contributed by atoms with Crippen LogP contribution in [0.1, 0.15) is 41.0 Å². The number of amides is 1. The topological polar surface area (TPSA) is 72.5 Å². The summed E-state index contributed by atoms with van der Waals surface area (Å²) in [6, 6.07) is 9.54. The van der Waals surface area contributed by atoms with E-state index in [4.69, 9.17) is 16.3 Å². The third-order valence-corrected chi connectivity index (χ3v) is 3.88. The van der Waals surface area contributed by atoms with E-state index < -0.39 is 24.2 Å². The van der Waals surface area contributed by atoms with Gasteiger partial charge >= 0.3 is 5.97 Å². The maximum atomic E-state index is 13.0. The molecule has 0 atom stereocenters. The van der Waals surface area contributed by atoms with E-state index in [0.717, 1.165) is 12.1 Å². The third-order valence-electron chi connectivity index (χ3n) is 3.57. The van der Waals surface area contributed by atoms with E-state index in [1.165, 1.54) is 18.2 Å². The number of anilines is 1. The largest absolute Gasteiger partial charge is 0.454 e. The predicted octanol–water partition coefficient (Wildman–Crippen LogP) is 4.50. The van der Waals surface area contributed by atoms with Crippen LogP contribution in [0.4, 0.5) is 10.1 Å². The van der Waals surface area contributed by atoms with E-state index in [1.807, 2.05) is 13.8 Å². The Hall–Kier alpha value is -2.73. The molecule has 5 nitrogen and oxygen atoms in total. The number of nitrogens with one attached hydrogen (secondary N) is 1. The second-order valence-corrected chi connectivity index (χ2v) is 6.75. The highest BCUT2D eigenvalue weighted by atomic mass is 35.5. The molecule has 27 heavy (non-hydrogen) atoms. The van der Waals surface area contributed by atoms with Crippen LogP contribution in [0.2, 0.25) is 5.02 Å². The minimum absolute atomic E-state index is 0.0194. The van der Waals surface area contributed by atoms with Gasteiger partial charge < -0.3 is 10.1 Å². The van der Waals surface area contributed by atoms with Crippen LogP contribution in [0.3, 0.4) is 0 Å². The summed E-state index contributed by atoms with van der Waals surface area (Å²) in [6.45, 7) is 3.41. The first-order valence-corrected chi connectivity index (χ1v) is 8.69. The van der Waals surface area contributed by atoms with E-state index >= 15 is 0 Å². The average Bonchev–Trinajstić information content (AvgIpc) is 2.59. The Bertz CT molecular complexity index is 850. The van der Waals surface area contributed by atoms with E-state index in [1.54, 1.807) is 12.1 Å². The lowest BCUT2D eigenvalue weighted by molar-refractivity contribution is -0.116. The SMILES string of the molecule is CC(C)CC(=O)Nc1ccc(C(=O)COC(=O)c2ccc(F)cc2Cl)cc1. The normalized spacial score (nSPS) is 10.6. The zero-order valence-electron chi connectivity index (χ0n) is 14.9. The van der Waals surface area contributed by atoms with Crippen molar-refractivity contribution in [2.45, 2.75) is 20.3 Å². The number of halogens is 2. The van der Waals surface area contributed by atoms with E-state index in [0.29, 0.717) is 17.7 Å². The number of ketones is 1. The van der Waals surface area contributed by atoms with Gasteiger partial charge in [0.1, 0.15) is 5.82 Å². The fraction of sp³-hybridized carbons (Fsp3) is 0.250. The number of hydrogen-bond donors (Lipinski definition) is 1. The zero-order chi connectivity index (χ0) is 20.0. The summed E-state index contributed by atoms with van der Waals surface area (Å²) >= 11 is 5.79. The van der Waals surface area contributed by atoms with Gasteiger partial charge in [-0.1, -0.05) is 25.4 Å².